The number of rotatable bonds is 19. The number of hydrogen-bond donors (Lipinski definition) is 0. The molecule has 2 saturated heterocycles. The smallest absolute Gasteiger partial charge is 0.265 e. The first-order chi connectivity index (χ1) is 32.7. The van der Waals surface area contributed by atoms with Crippen LogP contribution in [0.5, 0.6) is 0 Å². The van der Waals surface area contributed by atoms with Crippen molar-refractivity contribution in [1.82, 2.24) is 19.6 Å². The number of thiocarbonyl (C=S) groups is 2. The molecule has 18 heteroatoms. The molecular weight excluding hydrogens is 1130 g/mol. The topological polar surface area (TPSA) is 81.2 Å². The van der Waals surface area contributed by atoms with Gasteiger partial charge in [-0.15, -0.1) is 45.3 Å². The molecule has 2 fully saturated rings. The summed E-state index contributed by atoms with van der Waals surface area (Å²) in [4.78, 5) is 71.2. The third-order valence-corrected chi connectivity index (χ3v) is 34.4. The predicted molar refractivity (Wildman–Crippen MR) is 309 cm³/mol. The zero-order valence-corrected chi connectivity index (χ0v) is 50.3. The molecule has 0 atom stereocenters. The van der Waals surface area contributed by atoms with E-state index in [0.717, 1.165) is 85.3 Å². The highest BCUT2D eigenvalue weighted by atomic mass is 79.9. The number of thiophene rings is 4. The van der Waals surface area contributed by atoms with E-state index in [9.17, 15) is 19.2 Å². The fourth-order valence-electron chi connectivity index (χ4n) is 10.8. The number of fused-ring (bicyclic) bond motifs is 6. The van der Waals surface area contributed by atoms with Gasteiger partial charge >= 0.3 is 0 Å². The molecule has 4 aliphatic rings. The SMILES string of the molecule is CCCC[Si]1(CCCC)c2cc(C=C3C(=O)N(CC)C(=S)N(CC)C3=O)sc2-c2sc(-c3sc4c(c3Br)[Si](CCCC)(CCCC)c3cc(C=C5C(=O)N(CC)C(=S)N(CC)C5=O)sc3-4)c(Br)c21. The van der Waals surface area contributed by atoms with Crippen LogP contribution in [0.25, 0.3) is 41.4 Å². The highest BCUT2D eigenvalue weighted by Crippen LogP contribution is 2.55. The molecule has 0 N–H and O–H groups in total. The molecule has 0 aromatic carbocycles. The van der Waals surface area contributed by atoms with Crippen LogP contribution in [0.1, 0.15) is 117 Å². The first kappa shape index (κ1) is 52.1. The molecule has 362 valence electrons. The Balaban J connectivity index is 1.30. The molecule has 4 aliphatic heterocycles. The van der Waals surface area contributed by atoms with Crippen LogP contribution < -0.4 is 20.7 Å². The molecule has 8 nitrogen and oxygen atoms in total. The fourth-order valence-corrected chi connectivity index (χ4v) is 35.2. The maximum Gasteiger partial charge on any atom is 0.265 e. The minimum atomic E-state index is -2.34. The largest absolute Gasteiger partial charge is 0.285 e. The number of halogens is 2. The Kier molecular flexibility index (Phi) is 16.1. The second-order valence-electron chi connectivity index (χ2n) is 18.1. The molecule has 0 saturated carbocycles. The Morgan fingerprint density at radius 3 is 1.03 bits per heavy atom. The van der Waals surface area contributed by atoms with Crippen LogP contribution >= 0.6 is 102 Å². The maximum absolute atomic E-state index is 13.8. The van der Waals surface area contributed by atoms with Gasteiger partial charge in [0.1, 0.15) is 27.3 Å². The summed E-state index contributed by atoms with van der Waals surface area (Å²) in [5.41, 5.74) is 0.361. The van der Waals surface area contributed by atoms with Crippen molar-refractivity contribution < 1.29 is 19.2 Å². The maximum atomic E-state index is 13.8. The lowest BCUT2D eigenvalue weighted by Gasteiger charge is -2.35. The first-order valence-electron chi connectivity index (χ1n) is 24.4. The highest BCUT2D eigenvalue weighted by Gasteiger charge is 2.52. The summed E-state index contributed by atoms with van der Waals surface area (Å²) in [5, 5.41) is 6.53. The van der Waals surface area contributed by atoms with Gasteiger partial charge in [-0.3, -0.25) is 38.8 Å². The quantitative estimate of drug-likeness (QED) is 0.0403. The van der Waals surface area contributed by atoms with Crippen molar-refractivity contribution in [3.63, 3.8) is 0 Å². The number of amides is 4. The molecule has 0 unspecified atom stereocenters. The molecule has 4 aromatic heterocycles. The monoisotopic (exact) mass is 1190 g/mol. The second-order valence-corrected chi connectivity index (χ2v) is 33.1. The van der Waals surface area contributed by atoms with E-state index in [4.69, 9.17) is 24.4 Å². The summed E-state index contributed by atoms with van der Waals surface area (Å²) in [5.74, 6) is -1.28. The normalized spacial score (nSPS) is 17.3. The van der Waals surface area contributed by atoms with Gasteiger partial charge in [-0.2, -0.15) is 0 Å². The third kappa shape index (κ3) is 8.31. The van der Waals surface area contributed by atoms with E-state index in [1.165, 1.54) is 59.0 Å². The highest BCUT2D eigenvalue weighted by molar-refractivity contribution is 9.11. The molecule has 0 radical (unpaired) electrons. The average Bonchev–Trinajstić information content (AvgIpc) is 4.16. The Morgan fingerprint density at radius 2 is 0.765 bits per heavy atom. The van der Waals surface area contributed by atoms with Gasteiger partial charge in [-0.25, -0.2) is 0 Å². The first-order valence-corrected chi connectivity index (χ1v) is 34.9. The lowest BCUT2D eigenvalue weighted by atomic mass is 10.1. The van der Waals surface area contributed by atoms with Crippen molar-refractivity contribution in [3.05, 3.63) is 42.0 Å². The summed E-state index contributed by atoms with van der Waals surface area (Å²) in [6, 6.07) is 9.28. The Hall–Kier alpha value is -2.27. The van der Waals surface area contributed by atoms with Crippen molar-refractivity contribution >= 4 is 185 Å². The summed E-state index contributed by atoms with van der Waals surface area (Å²) < 4.78 is 2.48. The molecule has 8 heterocycles. The zero-order valence-electron chi connectivity index (χ0n) is 40.3. The van der Waals surface area contributed by atoms with Gasteiger partial charge in [0.05, 0.1) is 9.75 Å². The minimum Gasteiger partial charge on any atom is -0.285 e. The number of nitrogens with zero attached hydrogens (tertiary/aromatic N) is 4. The zero-order chi connectivity index (χ0) is 49.0. The number of likely N-dealkylation sites (N-methyl/N-ethyl adjacent to an activating group) is 4. The lowest BCUT2D eigenvalue weighted by Crippen LogP contribution is -2.55. The fraction of sp³-hybridized carbons (Fsp3) is 0.480. The number of carbonyl (C=O) groups excluding carboxylic acids is 4. The van der Waals surface area contributed by atoms with E-state index in [2.05, 4.69) is 71.7 Å². The van der Waals surface area contributed by atoms with Crippen molar-refractivity contribution in [2.24, 2.45) is 0 Å². The lowest BCUT2D eigenvalue weighted by molar-refractivity contribution is -0.135. The molecule has 0 spiro atoms. The van der Waals surface area contributed by atoms with Crippen LogP contribution in [0.4, 0.5) is 0 Å². The van der Waals surface area contributed by atoms with Crippen LogP contribution in [0.3, 0.4) is 0 Å². The summed E-state index contributed by atoms with van der Waals surface area (Å²) in [7, 11) is -4.67. The molecule has 0 bridgehead atoms. The van der Waals surface area contributed by atoms with Crippen LogP contribution in [0, 0.1) is 0 Å². The third-order valence-electron chi connectivity index (χ3n) is 14.3. The van der Waals surface area contributed by atoms with Crippen LogP contribution in [0.2, 0.25) is 24.2 Å². The average molecular weight is 1190 g/mol. The van der Waals surface area contributed by atoms with E-state index >= 15 is 0 Å². The Morgan fingerprint density at radius 1 is 0.471 bits per heavy atom. The van der Waals surface area contributed by atoms with E-state index in [1.54, 1.807) is 42.3 Å². The van der Waals surface area contributed by atoms with Gasteiger partial charge in [0.2, 0.25) is 0 Å². The van der Waals surface area contributed by atoms with Gasteiger partial charge in [0, 0.05) is 64.4 Å². The van der Waals surface area contributed by atoms with Crippen LogP contribution in [-0.2, 0) is 19.2 Å². The van der Waals surface area contributed by atoms with Crippen LogP contribution in [-0.4, -0.2) is 95.8 Å². The molecule has 4 amide bonds. The molecular formula is C50H60Br2N4O4S6Si2. The summed E-state index contributed by atoms with van der Waals surface area (Å²) >= 11 is 27.2. The second kappa shape index (κ2) is 21.1. The van der Waals surface area contributed by atoms with Gasteiger partial charge in [-0.05, 0) is 153 Å². The van der Waals surface area contributed by atoms with Gasteiger partial charge in [0.15, 0.2) is 10.2 Å². The van der Waals surface area contributed by atoms with Crippen molar-refractivity contribution in [1.29, 1.82) is 0 Å². The molecule has 68 heavy (non-hydrogen) atoms. The molecule has 0 aliphatic carbocycles. The molecule has 4 aromatic rings. The molecule has 8 rings (SSSR count). The van der Waals surface area contributed by atoms with Gasteiger partial charge < -0.3 is 0 Å². The van der Waals surface area contributed by atoms with E-state index < -0.39 is 16.1 Å². The summed E-state index contributed by atoms with van der Waals surface area (Å²) in [6.45, 7) is 18.4. The van der Waals surface area contributed by atoms with Crippen molar-refractivity contribution in [2.75, 3.05) is 26.2 Å². The predicted octanol–water partition coefficient (Wildman–Crippen LogP) is 12.2. The van der Waals surface area contributed by atoms with Crippen molar-refractivity contribution in [2.45, 2.75) is 131 Å². The minimum absolute atomic E-state index is 0.180. The van der Waals surface area contributed by atoms with Crippen LogP contribution in [0.15, 0.2) is 32.2 Å². The Labute approximate surface area is 447 Å². The van der Waals surface area contributed by atoms with E-state index in [-0.39, 0.29) is 45.0 Å². The standard InChI is InChI=1S/C50H60Br2N4O4S6Si2/c1-9-17-21-67(22-18-10-2)33-27-29(25-31-45(57)53(13-5)49(61)54(14-6)46(31)58)63-37(33)41-43(67)35(51)39(65-41)40-36(52)44-42(66-40)38-34(68(44,23-19-11-3)24-20-12-4)28-30(64-38)26-32-47(59)55(15-7)50(62)56(16-8)48(32)60/h25-28H,9-24H2,1-8H3. The van der Waals surface area contributed by atoms with E-state index in [1.807, 2.05) is 62.5 Å². The number of unbranched alkanes of at least 4 members (excludes halogenated alkanes) is 4. The van der Waals surface area contributed by atoms with Gasteiger partial charge in [-0.1, -0.05) is 79.1 Å². The van der Waals surface area contributed by atoms with Gasteiger partial charge in [0.25, 0.3) is 23.6 Å². The number of carbonyl (C=O) groups is 4. The van der Waals surface area contributed by atoms with E-state index in [0.29, 0.717) is 26.2 Å². The number of hydrogen-bond acceptors (Lipinski definition) is 10. The van der Waals surface area contributed by atoms with Crippen molar-refractivity contribution in [3.8, 4) is 29.3 Å². The Bertz CT molecular complexity index is 2540. The summed E-state index contributed by atoms with van der Waals surface area (Å²) in [6.07, 6.45) is 12.7.